The van der Waals surface area contributed by atoms with E-state index in [-0.39, 0.29) is 35.5 Å². The Hall–Kier alpha value is 0.883. The molecule has 0 unspecified atom stereocenters. The van der Waals surface area contributed by atoms with E-state index in [1.807, 2.05) is 0 Å². The van der Waals surface area contributed by atoms with Crippen LogP contribution in [0.4, 0.5) is 0 Å². The monoisotopic (exact) mass is 146 g/mol. The van der Waals surface area contributed by atoms with Gasteiger partial charge in [0.25, 0.3) is 0 Å². The number of halogens is 1. The molecule has 0 aromatic heterocycles. The van der Waals surface area contributed by atoms with Gasteiger partial charge in [-0.15, -0.1) is 22.6 Å². The molecule has 0 amide bonds. The summed E-state index contributed by atoms with van der Waals surface area (Å²) in [6.07, 6.45) is 1.50. The van der Waals surface area contributed by atoms with Crippen LogP contribution < -0.4 is 0 Å². The number of rotatable bonds is 0. The Morgan fingerprint density at radius 2 is 1.43 bits per heavy atom. The van der Waals surface area contributed by atoms with Gasteiger partial charge in [0.2, 0.25) is 0 Å². The van der Waals surface area contributed by atoms with Gasteiger partial charge in [0, 0.05) is 0 Å². The molecule has 0 aromatic rings. The SMILES string of the molecule is C=C[CH2-].Cl.[CH2-][SiH3].[Mg+2]. The van der Waals surface area contributed by atoms with Crippen LogP contribution in [0.15, 0.2) is 12.7 Å². The minimum Gasteiger partial charge on any atom is -0.351 e. The zero-order valence-electron chi connectivity index (χ0n) is 4.81. The molecular weight excluding hydrogens is 136 g/mol. The van der Waals surface area contributed by atoms with Crippen LogP contribution in [0, 0.1) is 13.5 Å². The van der Waals surface area contributed by atoms with Crippen LogP contribution in [0.1, 0.15) is 0 Å². The van der Waals surface area contributed by atoms with Crippen molar-refractivity contribution in [3.8, 4) is 0 Å². The van der Waals surface area contributed by atoms with Crippen LogP contribution in [0.2, 0.25) is 0 Å². The van der Waals surface area contributed by atoms with Crippen molar-refractivity contribution in [1.82, 2.24) is 0 Å². The molecule has 0 rings (SSSR count). The molecule has 0 radical (unpaired) electrons. The molecule has 7 heavy (non-hydrogen) atoms. The summed E-state index contributed by atoms with van der Waals surface area (Å²) in [6, 6.07) is 0. The predicted molar refractivity (Wildman–Crippen MR) is 43.9 cm³/mol. The van der Waals surface area contributed by atoms with E-state index in [0.29, 0.717) is 0 Å². The quantitative estimate of drug-likeness (QED) is 0.339. The zero-order chi connectivity index (χ0) is 4.71. The molecular formula is C4H11ClMgSi. The van der Waals surface area contributed by atoms with E-state index in [9.17, 15) is 0 Å². The third-order valence-electron chi connectivity index (χ3n) is 0. The molecule has 0 aliphatic carbocycles. The average Bonchev–Trinajstić information content (AvgIpc) is 1.46. The molecule has 0 saturated carbocycles. The molecule has 0 saturated heterocycles. The van der Waals surface area contributed by atoms with Gasteiger partial charge in [0.05, 0.1) is 0 Å². The van der Waals surface area contributed by atoms with Crippen molar-refractivity contribution in [2.45, 2.75) is 0 Å². The molecule has 0 fully saturated rings. The van der Waals surface area contributed by atoms with Crippen molar-refractivity contribution in [3.05, 3.63) is 26.1 Å². The van der Waals surface area contributed by atoms with Crippen LogP contribution in [0.3, 0.4) is 0 Å². The van der Waals surface area contributed by atoms with Crippen LogP contribution in [0.25, 0.3) is 0 Å². The van der Waals surface area contributed by atoms with Gasteiger partial charge in [-0.3, -0.25) is 0 Å². The molecule has 0 nitrogen and oxygen atoms in total. The average molecular weight is 147 g/mol. The van der Waals surface area contributed by atoms with Gasteiger partial charge in [0.1, 0.15) is 0 Å². The Morgan fingerprint density at radius 1 is 1.43 bits per heavy atom. The largest absolute Gasteiger partial charge is 2.00 e. The first kappa shape index (κ1) is 24.8. The van der Waals surface area contributed by atoms with E-state index in [1.54, 1.807) is 0 Å². The molecule has 0 aliphatic rings. The molecule has 0 N–H and O–H groups in total. The summed E-state index contributed by atoms with van der Waals surface area (Å²) in [5.74, 6) is 0. The first-order chi connectivity index (χ1) is 2.41. The Morgan fingerprint density at radius 3 is 1.43 bits per heavy atom. The van der Waals surface area contributed by atoms with E-state index in [1.165, 1.54) is 6.08 Å². The van der Waals surface area contributed by atoms with Gasteiger partial charge in [0.15, 0.2) is 0 Å². The first-order valence-electron chi connectivity index (χ1n) is 1.52. The summed E-state index contributed by atoms with van der Waals surface area (Å²) >= 11 is 0. The zero-order valence-corrected chi connectivity index (χ0v) is 9.04. The van der Waals surface area contributed by atoms with Gasteiger partial charge in [-0.05, 0) is 0 Å². The van der Waals surface area contributed by atoms with Crippen LogP contribution in [-0.4, -0.2) is 33.3 Å². The second kappa shape index (κ2) is 67.2. The van der Waals surface area contributed by atoms with E-state index in [0.717, 1.165) is 10.2 Å². The van der Waals surface area contributed by atoms with Crippen LogP contribution in [-0.2, 0) is 0 Å². The van der Waals surface area contributed by atoms with Gasteiger partial charge >= 0.3 is 23.1 Å². The normalized spacial score (nSPS) is 3.00. The summed E-state index contributed by atoms with van der Waals surface area (Å²) in [5.41, 5.74) is 0. The van der Waals surface area contributed by atoms with Crippen LogP contribution >= 0.6 is 12.4 Å². The van der Waals surface area contributed by atoms with Crippen molar-refractivity contribution < 1.29 is 0 Å². The van der Waals surface area contributed by atoms with Gasteiger partial charge in [-0.2, -0.15) is 0 Å². The third-order valence-corrected chi connectivity index (χ3v) is 0. The van der Waals surface area contributed by atoms with Crippen molar-refractivity contribution in [2.75, 3.05) is 0 Å². The topological polar surface area (TPSA) is 0 Å². The Bertz CT molecular complexity index is 19.2. The second-order valence-corrected chi connectivity index (χ2v) is 0.289. The summed E-state index contributed by atoms with van der Waals surface area (Å²) in [7, 11) is 1.06. The summed E-state index contributed by atoms with van der Waals surface area (Å²) < 4.78 is 0. The summed E-state index contributed by atoms with van der Waals surface area (Å²) in [5, 5.41) is 0. The number of hydrogen-bond donors (Lipinski definition) is 0. The second-order valence-electron chi connectivity index (χ2n) is 0.289. The number of allylic oxidation sites excluding steroid dienone is 1. The van der Waals surface area contributed by atoms with Crippen LogP contribution in [0.5, 0.6) is 0 Å². The Labute approximate surface area is 71.7 Å². The van der Waals surface area contributed by atoms with E-state index in [2.05, 4.69) is 20.0 Å². The smallest absolute Gasteiger partial charge is 0.351 e. The van der Waals surface area contributed by atoms with Crippen molar-refractivity contribution in [2.24, 2.45) is 0 Å². The van der Waals surface area contributed by atoms with Gasteiger partial charge < -0.3 is 6.55 Å². The molecule has 0 aromatic carbocycles. The molecule has 0 aliphatic heterocycles. The molecule has 0 bridgehead atoms. The fourth-order valence-corrected chi connectivity index (χ4v) is 0. The maximum absolute atomic E-state index is 3.39. The van der Waals surface area contributed by atoms with Gasteiger partial charge in [-0.1, -0.05) is 0 Å². The fourth-order valence-electron chi connectivity index (χ4n) is 0. The van der Waals surface area contributed by atoms with Crippen molar-refractivity contribution in [3.63, 3.8) is 0 Å². The summed E-state index contributed by atoms with van der Waals surface area (Å²) in [6.45, 7) is 9.89. The molecule has 3 heteroatoms. The van der Waals surface area contributed by atoms with Crippen molar-refractivity contribution >= 4 is 45.7 Å². The molecule has 0 atom stereocenters. The van der Waals surface area contributed by atoms with E-state index >= 15 is 0 Å². The Balaban J connectivity index is -0.0000000105. The standard InChI is InChI=1S/C3H5.CH5Si.ClH.Mg/c1-3-2;1-2;;/h3H,1-2H2;1H2,2H3;1H;/q2*-1;;+2. The van der Waals surface area contributed by atoms with Crippen molar-refractivity contribution in [1.29, 1.82) is 0 Å². The molecule has 40 valence electrons. The molecule has 0 spiro atoms. The maximum Gasteiger partial charge on any atom is 2.00 e. The van der Waals surface area contributed by atoms with Gasteiger partial charge in [-0.25, -0.2) is 19.6 Å². The predicted octanol–water partition coefficient (Wildman–Crippen LogP) is 0.191. The first-order valence-corrected chi connectivity index (χ1v) is 2.94. The van der Waals surface area contributed by atoms with E-state index in [4.69, 9.17) is 0 Å². The number of hydrogen-bond acceptors (Lipinski definition) is 0. The minimum atomic E-state index is 0. The van der Waals surface area contributed by atoms with E-state index < -0.39 is 0 Å². The Kier molecular flexibility index (Phi) is 238. The maximum atomic E-state index is 3.39. The minimum absolute atomic E-state index is 0. The fraction of sp³-hybridized carbons (Fsp3) is 0. The molecule has 0 heterocycles. The third kappa shape index (κ3) is 210. The summed E-state index contributed by atoms with van der Waals surface area (Å²) in [4.78, 5) is 0.